The summed E-state index contributed by atoms with van der Waals surface area (Å²) >= 11 is 1.49. The lowest BCUT2D eigenvalue weighted by Gasteiger charge is -2.06. The standard InChI is InChI=1S/C9H9F2NO3S/c1-16-3-2-15-9-5-6(10)8(12(13)14)4-7(9)11/h4-5H,2-3H2,1H3. The van der Waals surface area contributed by atoms with Gasteiger partial charge in [0.1, 0.15) is 0 Å². The molecule has 0 aliphatic carbocycles. The quantitative estimate of drug-likeness (QED) is 0.457. The van der Waals surface area contributed by atoms with Crippen LogP contribution in [0.25, 0.3) is 0 Å². The number of ether oxygens (including phenoxy) is 1. The lowest BCUT2D eigenvalue weighted by atomic mass is 10.3. The average Bonchev–Trinajstić information content (AvgIpc) is 2.22. The Labute approximate surface area is 94.7 Å². The normalized spacial score (nSPS) is 10.2. The van der Waals surface area contributed by atoms with Gasteiger partial charge in [0.15, 0.2) is 11.6 Å². The van der Waals surface area contributed by atoms with Gasteiger partial charge in [0.25, 0.3) is 0 Å². The molecule has 0 aliphatic heterocycles. The molecule has 0 radical (unpaired) electrons. The first-order valence-corrected chi connectivity index (χ1v) is 5.70. The van der Waals surface area contributed by atoms with Crippen molar-refractivity contribution in [3.63, 3.8) is 0 Å². The topological polar surface area (TPSA) is 52.4 Å². The van der Waals surface area contributed by atoms with Crippen LogP contribution in [-0.2, 0) is 0 Å². The third-order valence-corrected chi connectivity index (χ3v) is 2.32. The molecule has 0 fully saturated rings. The molecule has 0 heterocycles. The summed E-state index contributed by atoms with van der Waals surface area (Å²) in [6.45, 7) is 0.218. The van der Waals surface area contributed by atoms with Gasteiger partial charge in [0, 0.05) is 11.8 Å². The van der Waals surface area contributed by atoms with E-state index < -0.39 is 22.2 Å². The van der Waals surface area contributed by atoms with E-state index in [2.05, 4.69) is 0 Å². The maximum Gasteiger partial charge on any atom is 0.307 e. The van der Waals surface area contributed by atoms with E-state index in [1.165, 1.54) is 11.8 Å². The fourth-order valence-corrected chi connectivity index (χ4v) is 1.25. The van der Waals surface area contributed by atoms with Crippen LogP contribution in [0.4, 0.5) is 14.5 Å². The zero-order chi connectivity index (χ0) is 12.1. The highest BCUT2D eigenvalue weighted by molar-refractivity contribution is 7.98. The van der Waals surface area contributed by atoms with Crippen molar-refractivity contribution >= 4 is 17.4 Å². The first-order valence-electron chi connectivity index (χ1n) is 4.31. The molecule has 0 atom stereocenters. The number of nitrogens with zero attached hydrogens (tertiary/aromatic N) is 1. The zero-order valence-corrected chi connectivity index (χ0v) is 9.22. The zero-order valence-electron chi connectivity index (χ0n) is 8.41. The highest BCUT2D eigenvalue weighted by Crippen LogP contribution is 2.26. The predicted octanol–water partition coefficient (Wildman–Crippen LogP) is 2.61. The molecule has 0 amide bonds. The molecule has 16 heavy (non-hydrogen) atoms. The van der Waals surface area contributed by atoms with Crippen molar-refractivity contribution in [3.05, 3.63) is 33.9 Å². The minimum atomic E-state index is -1.11. The summed E-state index contributed by atoms with van der Waals surface area (Å²) in [6, 6.07) is 1.21. The van der Waals surface area contributed by atoms with E-state index in [9.17, 15) is 18.9 Å². The van der Waals surface area contributed by atoms with Crippen molar-refractivity contribution in [3.8, 4) is 5.75 Å². The van der Waals surface area contributed by atoms with Crippen LogP contribution in [0, 0.1) is 21.7 Å². The maximum absolute atomic E-state index is 13.2. The Hall–Kier alpha value is -1.37. The second-order valence-corrected chi connectivity index (χ2v) is 3.82. The Morgan fingerprint density at radius 2 is 2.12 bits per heavy atom. The van der Waals surface area contributed by atoms with Gasteiger partial charge in [-0.25, -0.2) is 4.39 Å². The predicted molar refractivity (Wildman–Crippen MR) is 56.9 cm³/mol. The molecule has 1 aromatic carbocycles. The summed E-state index contributed by atoms with van der Waals surface area (Å²) in [5.74, 6) is -1.73. The second-order valence-electron chi connectivity index (χ2n) is 2.83. The number of hydrogen-bond donors (Lipinski definition) is 0. The number of hydrogen-bond acceptors (Lipinski definition) is 4. The van der Waals surface area contributed by atoms with Gasteiger partial charge in [-0.2, -0.15) is 16.2 Å². The fourth-order valence-electron chi connectivity index (χ4n) is 1.00. The van der Waals surface area contributed by atoms with Crippen molar-refractivity contribution in [1.82, 2.24) is 0 Å². The second kappa shape index (κ2) is 5.64. The number of halogens is 2. The Kier molecular flexibility index (Phi) is 4.48. The SMILES string of the molecule is CSCCOc1cc(F)c([N+](=O)[O-])cc1F. The Morgan fingerprint density at radius 3 is 2.69 bits per heavy atom. The average molecular weight is 249 g/mol. The largest absolute Gasteiger partial charge is 0.490 e. The summed E-state index contributed by atoms with van der Waals surface area (Å²) in [4.78, 5) is 9.32. The van der Waals surface area contributed by atoms with E-state index in [0.29, 0.717) is 17.9 Å². The number of benzene rings is 1. The van der Waals surface area contributed by atoms with Crippen LogP contribution in [-0.4, -0.2) is 23.5 Å². The van der Waals surface area contributed by atoms with Crippen molar-refractivity contribution in [2.24, 2.45) is 0 Å². The van der Waals surface area contributed by atoms with Crippen LogP contribution in [0.3, 0.4) is 0 Å². The van der Waals surface area contributed by atoms with Crippen molar-refractivity contribution in [1.29, 1.82) is 0 Å². The first kappa shape index (κ1) is 12.7. The van der Waals surface area contributed by atoms with Crippen molar-refractivity contribution < 1.29 is 18.4 Å². The van der Waals surface area contributed by atoms with E-state index in [1.807, 2.05) is 6.26 Å². The molecule has 88 valence electrons. The minimum Gasteiger partial charge on any atom is -0.490 e. The van der Waals surface area contributed by atoms with Crippen LogP contribution < -0.4 is 4.74 Å². The molecule has 1 rings (SSSR count). The van der Waals surface area contributed by atoms with Crippen LogP contribution in [0.1, 0.15) is 0 Å². The summed E-state index contributed by atoms with van der Waals surface area (Å²) in [7, 11) is 0. The third-order valence-electron chi connectivity index (χ3n) is 1.74. The van der Waals surface area contributed by atoms with Gasteiger partial charge in [0.2, 0.25) is 5.82 Å². The van der Waals surface area contributed by atoms with E-state index in [-0.39, 0.29) is 12.4 Å². The van der Waals surface area contributed by atoms with E-state index >= 15 is 0 Å². The molecular formula is C9H9F2NO3S. The summed E-state index contributed by atoms with van der Waals surface area (Å²) in [5.41, 5.74) is -0.894. The van der Waals surface area contributed by atoms with Gasteiger partial charge in [0.05, 0.1) is 17.6 Å². The molecule has 1 aromatic rings. The Morgan fingerprint density at radius 1 is 1.44 bits per heavy atom. The molecule has 0 saturated heterocycles. The lowest BCUT2D eigenvalue weighted by molar-refractivity contribution is -0.387. The van der Waals surface area contributed by atoms with Crippen LogP contribution >= 0.6 is 11.8 Å². The van der Waals surface area contributed by atoms with Crippen molar-refractivity contribution in [2.75, 3.05) is 18.6 Å². The summed E-state index contributed by atoms with van der Waals surface area (Å²) in [5, 5.41) is 10.3. The fraction of sp³-hybridized carbons (Fsp3) is 0.333. The van der Waals surface area contributed by atoms with Crippen molar-refractivity contribution in [2.45, 2.75) is 0 Å². The highest BCUT2D eigenvalue weighted by Gasteiger charge is 2.19. The molecule has 0 unspecified atom stereocenters. The molecule has 7 heteroatoms. The number of nitro groups is 1. The Balaban J connectivity index is 2.88. The van der Waals surface area contributed by atoms with E-state index in [0.717, 1.165) is 0 Å². The monoisotopic (exact) mass is 249 g/mol. The smallest absolute Gasteiger partial charge is 0.307 e. The van der Waals surface area contributed by atoms with E-state index in [1.54, 1.807) is 0 Å². The first-order chi connectivity index (χ1) is 7.56. The maximum atomic E-state index is 13.2. The molecule has 0 spiro atoms. The molecule has 4 nitrogen and oxygen atoms in total. The van der Waals surface area contributed by atoms with Crippen LogP contribution in [0.15, 0.2) is 12.1 Å². The summed E-state index contributed by atoms with van der Waals surface area (Å²) in [6.07, 6.45) is 1.84. The third kappa shape index (κ3) is 3.06. The molecule has 0 aliphatic rings. The van der Waals surface area contributed by atoms with Gasteiger partial charge in [-0.1, -0.05) is 0 Å². The van der Waals surface area contributed by atoms with Gasteiger partial charge in [-0.15, -0.1) is 0 Å². The molecular weight excluding hydrogens is 240 g/mol. The number of rotatable bonds is 5. The number of nitro benzene ring substituents is 1. The highest BCUT2D eigenvalue weighted by atomic mass is 32.2. The van der Waals surface area contributed by atoms with Gasteiger partial charge >= 0.3 is 5.69 Å². The van der Waals surface area contributed by atoms with E-state index in [4.69, 9.17) is 4.74 Å². The molecule has 0 bridgehead atoms. The van der Waals surface area contributed by atoms with Gasteiger partial charge in [-0.05, 0) is 6.26 Å². The molecule has 0 aromatic heterocycles. The molecule has 0 N–H and O–H groups in total. The Bertz CT molecular complexity index is 401. The minimum absolute atomic E-state index is 0.218. The van der Waals surface area contributed by atoms with Crippen LogP contribution in [0.5, 0.6) is 5.75 Å². The van der Waals surface area contributed by atoms with Gasteiger partial charge < -0.3 is 4.74 Å². The lowest BCUT2D eigenvalue weighted by Crippen LogP contribution is -2.03. The van der Waals surface area contributed by atoms with Crippen LogP contribution in [0.2, 0.25) is 0 Å². The number of thioether (sulfide) groups is 1. The molecule has 0 saturated carbocycles. The van der Waals surface area contributed by atoms with Gasteiger partial charge in [-0.3, -0.25) is 10.1 Å². The summed E-state index contributed by atoms with van der Waals surface area (Å²) < 4.78 is 31.2.